The molecule has 19 heteroatoms. The molecule has 0 aliphatic heterocycles. The van der Waals surface area contributed by atoms with Gasteiger partial charge >= 0.3 is 0 Å². The lowest BCUT2D eigenvalue weighted by Crippen LogP contribution is -2.01. The Bertz CT molecular complexity index is 2400. The largest absolute Gasteiger partial charge is 0.505 e. The molecule has 0 amide bonds. The summed E-state index contributed by atoms with van der Waals surface area (Å²) in [6.45, 7) is 6.60. The third-order valence-corrected chi connectivity index (χ3v) is 8.85. The van der Waals surface area contributed by atoms with Crippen LogP contribution in [-0.2, 0) is 20.2 Å². The van der Waals surface area contributed by atoms with Gasteiger partial charge < -0.3 is 16.2 Å². The number of nitrogen functional groups attached to an aromatic ring is 1. The highest BCUT2D eigenvalue weighted by Gasteiger charge is 2.25. The van der Waals surface area contributed by atoms with Crippen LogP contribution in [0.25, 0.3) is 10.8 Å². The second kappa shape index (κ2) is 12.8. The molecule has 0 atom stereocenters. The van der Waals surface area contributed by atoms with Crippen molar-refractivity contribution in [2.75, 3.05) is 11.1 Å². The fourth-order valence-electron chi connectivity index (χ4n) is 4.67. The lowest BCUT2D eigenvalue weighted by atomic mass is 10.0. The van der Waals surface area contributed by atoms with Crippen molar-refractivity contribution in [2.45, 2.75) is 37.5 Å². The maximum atomic E-state index is 12.4. The zero-order valence-electron chi connectivity index (χ0n) is 25.5. The van der Waals surface area contributed by atoms with Crippen LogP contribution in [0.2, 0.25) is 5.28 Å². The molecule has 16 nitrogen and oxygen atoms in total. The first-order chi connectivity index (χ1) is 22.4. The zero-order valence-corrected chi connectivity index (χ0v) is 27.9. The van der Waals surface area contributed by atoms with Gasteiger partial charge in [0.05, 0.1) is 16.8 Å². The van der Waals surface area contributed by atoms with Gasteiger partial charge in [-0.2, -0.15) is 31.9 Å². The molecule has 4 aromatic carbocycles. The molecule has 0 saturated heterocycles. The van der Waals surface area contributed by atoms with E-state index in [0.717, 1.165) is 6.07 Å². The summed E-state index contributed by atoms with van der Waals surface area (Å²) < 4.78 is 68.3. The first-order valence-electron chi connectivity index (χ1n) is 13.7. The predicted octanol–water partition coefficient (Wildman–Crippen LogP) is 7.27. The number of rotatable bonds is 8. The normalized spacial score (nSPS) is 12.4. The van der Waals surface area contributed by atoms with E-state index < -0.39 is 41.5 Å². The SMILES string of the molecule is Cc1ccc(S(=O)(=O)O)c(N=Nc2c(C)cc3cc(S(=O)(=O)O)c(N=Nc4cc(Nc5nc(C)nc(Cl)n5)ccc4C)c(O)c3c2N)c1. The van der Waals surface area contributed by atoms with Crippen LogP contribution in [0.3, 0.4) is 0 Å². The van der Waals surface area contributed by atoms with Gasteiger partial charge in [0.25, 0.3) is 20.2 Å². The number of phenols is 1. The summed E-state index contributed by atoms with van der Waals surface area (Å²) in [5.74, 6) is -0.198. The van der Waals surface area contributed by atoms with Gasteiger partial charge in [-0.05, 0) is 97.8 Å². The number of aryl methyl sites for hydroxylation is 4. The molecular weight excluding hydrogens is 686 g/mol. The van der Waals surface area contributed by atoms with Gasteiger partial charge in [0, 0.05) is 5.69 Å². The summed E-state index contributed by atoms with van der Waals surface area (Å²) >= 11 is 5.92. The molecule has 0 fully saturated rings. The van der Waals surface area contributed by atoms with Crippen LogP contribution in [0.15, 0.2) is 78.8 Å². The van der Waals surface area contributed by atoms with Gasteiger partial charge in [-0.25, -0.2) is 4.98 Å². The molecule has 5 rings (SSSR count). The number of aromatic nitrogens is 3. The van der Waals surface area contributed by atoms with E-state index in [2.05, 4.69) is 40.7 Å². The molecule has 0 aliphatic rings. The molecule has 5 aromatic rings. The van der Waals surface area contributed by atoms with Gasteiger partial charge in [-0.3, -0.25) is 9.11 Å². The number of nitrogens with zero attached hydrogens (tertiary/aromatic N) is 7. The van der Waals surface area contributed by atoms with Crippen LogP contribution in [0.5, 0.6) is 5.75 Å². The fraction of sp³-hybridized carbons (Fsp3) is 0.138. The van der Waals surface area contributed by atoms with E-state index >= 15 is 0 Å². The van der Waals surface area contributed by atoms with Gasteiger partial charge in [0.2, 0.25) is 11.2 Å². The van der Waals surface area contributed by atoms with Crippen LogP contribution in [0.1, 0.15) is 22.5 Å². The first kappa shape index (κ1) is 34.2. The number of azo groups is 2. The smallest absolute Gasteiger partial charge is 0.296 e. The molecule has 0 radical (unpaired) electrons. The second-order valence-corrected chi connectivity index (χ2v) is 13.7. The molecule has 0 saturated carbocycles. The first-order valence-corrected chi connectivity index (χ1v) is 16.9. The van der Waals surface area contributed by atoms with Crippen molar-refractivity contribution < 1.29 is 31.0 Å². The highest BCUT2D eigenvalue weighted by molar-refractivity contribution is 7.86. The van der Waals surface area contributed by atoms with E-state index in [1.165, 1.54) is 24.3 Å². The number of halogens is 1. The average molecular weight is 712 g/mol. The Kier molecular flexibility index (Phi) is 9.13. The van der Waals surface area contributed by atoms with E-state index in [9.17, 15) is 31.0 Å². The molecule has 48 heavy (non-hydrogen) atoms. The fourth-order valence-corrected chi connectivity index (χ4v) is 6.13. The number of benzene rings is 4. The van der Waals surface area contributed by atoms with Crippen molar-refractivity contribution in [1.82, 2.24) is 15.0 Å². The van der Waals surface area contributed by atoms with E-state index in [-0.39, 0.29) is 44.8 Å². The van der Waals surface area contributed by atoms with Crippen LogP contribution < -0.4 is 11.1 Å². The third kappa shape index (κ3) is 7.21. The Morgan fingerprint density at radius 3 is 2.08 bits per heavy atom. The Morgan fingerprint density at radius 1 is 0.750 bits per heavy atom. The lowest BCUT2D eigenvalue weighted by molar-refractivity contribution is 0.472. The number of nitrogens with two attached hydrogens (primary N) is 1. The van der Waals surface area contributed by atoms with Crippen molar-refractivity contribution in [3.05, 3.63) is 76.3 Å². The molecule has 1 aromatic heterocycles. The summed E-state index contributed by atoms with van der Waals surface area (Å²) in [6.07, 6.45) is 0. The summed E-state index contributed by atoms with van der Waals surface area (Å²) in [6, 6.07) is 11.5. The van der Waals surface area contributed by atoms with E-state index in [4.69, 9.17) is 17.3 Å². The number of nitrogens with one attached hydrogen (secondary N) is 1. The van der Waals surface area contributed by atoms with Crippen molar-refractivity contribution in [3.8, 4) is 5.75 Å². The second-order valence-electron chi connectivity index (χ2n) is 10.5. The standard InChI is InChI=1S/C29H26ClN9O7S2/c1-13-5-8-21(47(41,42)43)20(9-13)37-38-25-15(3)10-17-11-22(48(44,45)46)26(27(40)23(17)24(25)31)39-36-19-12-18(7-6-14(19)2)34-29-33-16(4)32-28(30)35-29/h5-12,40H,31H2,1-4H3,(H,41,42,43)(H,44,45,46)(H,32,33,34,35). The van der Waals surface area contributed by atoms with Crippen LogP contribution in [-0.4, -0.2) is 46.0 Å². The Morgan fingerprint density at radius 2 is 1.42 bits per heavy atom. The number of anilines is 3. The van der Waals surface area contributed by atoms with Gasteiger partial charge in [0.1, 0.15) is 32.7 Å². The van der Waals surface area contributed by atoms with Crippen LogP contribution in [0.4, 0.5) is 40.1 Å². The van der Waals surface area contributed by atoms with Gasteiger partial charge in [0.15, 0.2) is 5.75 Å². The highest BCUT2D eigenvalue weighted by Crippen LogP contribution is 2.47. The topological polar surface area (TPSA) is 255 Å². The average Bonchev–Trinajstić information content (AvgIpc) is 2.96. The Hall–Kier alpha value is -5.14. The van der Waals surface area contributed by atoms with Gasteiger partial charge in [-0.1, -0.05) is 12.1 Å². The maximum Gasteiger partial charge on any atom is 0.296 e. The highest BCUT2D eigenvalue weighted by atomic mass is 35.5. The number of phenolic OH excluding ortho intramolecular Hbond substituents is 1. The summed E-state index contributed by atoms with van der Waals surface area (Å²) in [7, 11) is -9.59. The molecule has 6 N–H and O–H groups in total. The minimum atomic E-state index is -4.95. The lowest BCUT2D eigenvalue weighted by Gasteiger charge is -2.14. The predicted molar refractivity (Wildman–Crippen MR) is 178 cm³/mol. The minimum absolute atomic E-state index is 0.00591. The summed E-state index contributed by atoms with van der Waals surface area (Å²) in [5.41, 5.74) is 7.78. The molecule has 248 valence electrons. The van der Waals surface area contributed by atoms with Gasteiger partial charge in [-0.15, -0.1) is 15.3 Å². The molecule has 0 spiro atoms. The Balaban J connectivity index is 1.63. The van der Waals surface area contributed by atoms with Crippen LogP contribution in [0, 0.1) is 27.7 Å². The molecule has 0 unspecified atom stereocenters. The molecule has 1 heterocycles. The molecule has 0 aliphatic carbocycles. The molecular formula is C29H26ClN9O7S2. The van der Waals surface area contributed by atoms with E-state index in [1.54, 1.807) is 45.9 Å². The van der Waals surface area contributed by atoms with Crippen molar-refractivity contribution >= 4 is 82.7 Å². The van der Waals surface area contributed by atoms with Crippen LogP contribution >= 0.6 is 11.6 Å². The van der Waals surface area contributed by atoms with Crippen molar-refractivity contribution in [3.63, 3.8) is 0 Å². The number of hydrogen-bond acceptors (Lipinski definition) is 14. The number of hydrogen-bond donors (Lipinski definition) is 5. The zero-order chi connectivity index (χ0) is 35.1. The molecule has 0 bridgehead atoms. The van der Waals surface area contributed by atoms with E-state index in [1.807, 2.05) is 0 Å². The summed E-state index contributed by atoms with van der Waals surface area (Å²) in [4.78, 5) is 10.8. The number of fused-ring (bicyclic) bond motifs is 1. The third-order valence-electron chi connectivity index (χ3n) is 6.91. The maximum absolute atomic E-state index is 12.4. The van der Waals surface area contributed by atoms with Crippen molar-refractivity contribution in [1.29, 1.82) is 0 Å². The Labute approximate surface area is 279 Å². The van der Waals surface area contributed by atoms with E-state index in [0.29, 0.717) is 28.2 Å². The number of aromatic hydroxyl groups is 1. The monoisotopic (exact) mass is 711 g/mol. The quantitative estimate of drug-likeness (QED) is 0.0605. The minimum Gasteiger partial charge on any atom is -0.505 e. The van der Waals surface area contributed by atoms with Crippen molar-refractivity contribution in [2.24, 2.45) is 20.5 Å². The summed E-state index contributed by atoms with van der Waals surface area (Å²) in [5, 5.41) is 30.6.